The van der Waals surface area contributed by atoms with Gasteiger partial charge in [0.2, 0.25) is 23.5 Å². The number of aliphatic carboxylic acids is 1. The molecular weight excluding hydrogens is 558 g/mol. The Labute approximate surface area is 228 Å². The van der Waals surface area contributed by atoms with Crippen molar-refractivity contribution in [1.29, 1.82) is 0 Å². The van der Waals surface area contributed by atoms with E-state index in [0.717, 1.165) is 0 Å². The van der Waals surface area contributed by atoms with Crippen LogP contribution in [-0.4, -0.2) is 63.2 Å². The Bertz CT molecular complexity index is 1450. The summed E-state index contributed by atoms with van der Waals surface area (Å²) in [6, 6.07) is 3.37. The van der Waals surface area contributed by atoms with E-state index in [1.54, 1.807) is 24.3 Å². The number of Topliss-reactive ketones (excluding diaryl/α,β-unsaturated/α-hetero) is 1. The van der Waals surface area contributed by atoms with E-state index in [9.17, 15) is 41.5 Å². The van der Waals surface area contributed by atoms with Crippen molar-refractivity contribution in [2.24, 2.45) is 5.92 Å². The molecule has 16 heteroatoms. The molecule has 41 heavy (non-hydrogen) atoms. The molecule has 0 unspecified atom stereocenters. The summed E-state index contributed by atoms with van der Waals surface area (Å²) in [5.41, 5.74) is 1.09. The van der Waals surface area contributed by atoms with Gasteiger partial charge < -0.3 is 25.5 Å². The van der Waals surface area contributed by atoms with Gasteiger partial charge >= 0.3 is 17.8 Å². The molecule has 2 aromatic carbocycles. The van der Waals surface area contributed by atoms with Crippen LogP contribution >= 0.6 is 0 Å². The average Bonchev–Trinajstić information content (AvgIpc) is 3.31. The van der Waals surface area contributed by atoms with Crippen LogP contribution in [0.3, 0.4) is 0 Å². The number of halogens is 4. The Morgan fingerprint density at radius 2 is 1.61 bits per heavy atom. The third-order valence-electron chi connectivity index (χ3n) is 5.58. The van der Waals surface area contributed by atoms with Crippen molar-refractivity contribution in [3.8, 4) is 5.75 Å². The number of ketones is 1. The van der Waals surface area contributed by atoms with Gasteiger partial charge in [-0.15, -0.1) is 0 Å². The highest BCUT2D eigenvalue weighted by atomic mass is 19.2. The standard InChI is InChI=1S/C25H23F4N5O7/c1-10(2)20(33-23(39)24(40)34-25-31-13-5-3-4-6-14(13)32-25)22(38)30-15(8-17(36)37)16(35)9-41-21-18(28)11(26)7-12(27)19(21)29/h3-7,10,15,20H,8-9H2,1-2H3,(H,30,38)(H,33,39)(H,36,37)(H2,31,32,34,40)/t15-,20-/m0/s1. The minimum absolute atomic E-state index is 0.0462. The topological polar surface area (TPSA) is 180 Å². The number of nitrogens with one attached hydrogen (secondary N) is 4. The number of nitrogens with zero attached hydrogens (tertiary/aromatic N) is 1. The molecule has 0 bridgehead atoms. The predicted molar refractivity (Wildman–Crippen MR) is 132 cm³/mol. The second-order valence-corrected chi connectivity index (χ2v) is 8.96. The largest absolute Gasteiger partial charge is 0.481 e. The summed E-state index contributed by atoms with van der Waals surface area (Å²) in [6.45, 7) is 1.67. The minimum Gasteiger partial charge on any atom is -0.481 e. The van der Waals surface area contributed by atoms with Crippen molar-refractivity contribution < 1.29 is 51.4 Å². The number of rotatable bonds is 11. The Balaban J connectivity index is 1.68. The van der Waals surface area contributed by atoms with E-state index >= 15 is 0 Å². The highest BCUT2D eigenvalue weighted by molar-refractivity contribution is 6.39. The third kappa shape index (κ3) is 7.55. The summed E-state index contributed by atoms with van der Waals surface area (Å²) >= 11 is 0. The number of benzene rings is 2. The predicted octanol–water partition coefficient (Wildman–Crippen LogP) is 1.81. The third-order valence-corrected chi connectivity index (χ3v) is 5.58. The van der Waals surface area contributed by atoms with Gasteiger partial charge in [-0.2, -0.15) is 8.78 Å². The fourth-order valence-electron chi connectivity index (χ4n) is 3.52. The van der Waals surface area contributed by atoms with Crippen molar-refractivity contribution in [3.05, 3.63) is 53.6 Å². The van der Waals surface area contributed by atoms with Crippen molar-refractivity contribution in [2.45, 2.75) is 32.4 Å². The molecule has 5 N–H and O–H groups in total. The Hall–Kier alpha value is -5.02. The SMILES string of the molecule is CC(C)[C@H](NC(=O)C(=O)Nc1nc2ccccc2[nH]1)C(=O)N[C@@H](CC(=O)O)C(=O)COc1c(F)c(F)cc(F)c1F. The molecule has 1 aromatic heterocycles. The average molecular weight is 581 g/mol. The molecule has 0 aliphatic carbocycles. The zero-order valence-corrected chi connectivity index (χ0v) is 21.4. The lowest BCUT2D eigenvalue weighted by Crippen LogP contribution is -2.56. The van der Waals surface area contributed by atoms with Gasteiger partial charge in [0.1, 0.15) is 18.7 Å². The van der Waals surface area contributed by atoms with E-state index in [1.165, 1.54) is 13.8 Å². The summed E-state index contributed by atoms with van der Waals surface area (Å²) < 4.78 is 59.0. The van der Waals surface area contributed by atoms with E-state index in [4.69, 9.17) is 5.11 Å². The van der Waals surface area contributed by atoms with Gasteiger partial charge in [-0.3, -0.25) is 29.3 Å². The van der Waals surface area contributed by atoms with Crippen molar-refractivity contribution >= 4 is 46.5 Å². The molecule has 0 saturated heterocycles. The Kier molecular flexibility index (Phi) is 9.59. The van der Waals surface area contributed by atoms with Crippen LogP contribution in [0.2, 0.25) is 0 Å². The number of imidazole rings is 1. The number of aromatic nitrogens is 2. The minimum atomic E-state index is -1.93. The van der Waals surface area contributed by atoms with Gasteiger partial charge in [0.25, 0.3) is 0 Å². The zero-order valence-electron chi connectivity index (χ0n) is 21.4. The molecule has 12 nitrogen and oxygen atoms in total. The number of amides is 3. The number of hydrogen-bond donors (Lipinski definition) is 5. The molecule has 0 aliphatic heterocycles. The Morgan fingerprint density at radius 1 is 0.976 bits per heavy atom. The number of ether oxygens (including phenoxy) is 1. The molecule has 218 valence electrons. The first kappa shape index (κ1) is 30.5. The second kappa shape index (κ2) is 12.9. The van der Waals surface area contributed by atoms with Crippen LogP contribution in [0.1, 0.15) is 20.3 Å². The quantitative estimate of drug-likeness (QED) is 0.129. The van der Waals surface area contributed by atoms with Crippen LogP contribution in [0.15, 0.2) is 30.3 Å². The van der Waals surface area contributed by atoms with Crippen molar-refractivity contribution in [1.82, 2.24) is 20.6 Å². The smallest absolute Gasteiger partial charge is 0.316 e. The maximum absolute atomic E-state index is 13.8. The number of H-pyrrole nitrogens is 1. The number of carboxylic acids is 1. The molecule has 0 radical (unpaired) electrons. The molecule has 3 amide bonds. The molecule has 0 fully saturated rings. The zero-order chi connectivity index (χ0) is 30.4. The second-order valence-electron chi connectivity index (χ2n) is 8.96. The molecular formula is C25H23F4N5O7. The first-order valence-corrected chi connectivity index (χ1v) is 11.9. The van der Waals surface area contributed by atoms with Gasteiger partial charge in [0, 0.05) is 6.07 Å². The molecule has 0 spiro atoms. The monoisotopic (exact) mass is 581 g/mol. The van der Waals surface area contributed by atoms with Gasteiger partial charge in [0.05, 0.1) is 17.5 Å². The number of aromatic amines is 1. The fourth-order valence-corrected chi connectivity index (χ4v) is 3.52. The number of carboxylic acid groups (broad SMARTS) is 1. The van der Waals surface area contributed by atoms with Gasteiger partial charge in [-0.1, -0.05) is 26.0 Å². The lowest BCUT2D eigenvalue weighted by atomic mass is 10.0. The van der Waals surface area contributed by atoms with Crippen LogP contribution in [0.4, 0.5) is 23.5 Å². The first-order valence-electron chi connectivity index (χ1n) is 11.9. The molecule has 2 atom stereocenters. The van der Waals surface area contributed by atoms with E-state index < -0.39 is 89.5 Å². The number of fused-ring (bicyclic) bond motifs is 1. The lowest BCUT2D eigenvalue weighted by molar-refractivity contribution is -0.141. The molecule has 1 heterocycles. The van der Waals surface area contributed by atoms with Crippen LogP contribution in [0, 0.1) is 29.2 Å². The highest BCUT2D eigenvalue weighted by Gasteiger charge is 2.32. The summed E-state index contributed by atoms with van der Waals surface area (Å²) in [5.74, 6) is -16.1. The van der Waals surface area contributed by atoms with E-state index in [1.807, 2.05) is 0 Å². The summed E-state index contributed by atoms with van der Waals surface area (Å²) in [7, 11) is 0. The lowest BCUT2D eigenvalue weighted by Gasteiger charge is -2.24. The highest BCUT2D eigenvalue weighted by Crippen LogP contribution is 2.26. The molecule has 3 rings (SSSR count). The molecule has 0 saturated carbocycles. The number of anilines is 1. The number of carbonyl (C=O) groups is 5. The summed E-state index contributed by atoms with van der Waals surface area (Å²) in [5, 5.41) is 15.6. The normalized spacial score (nSPS) is 12.5. The van der Waals surface area contributed by atoms with Crippen LogP contribution in [0.25, 0.3) is 11.0 Å². The van der Waals surface area contributed by atoms with E-state index in [0.29, 0.717) is 11.0 Å². The van der Waals surface area contributed by atoms with Gasteiger partial charge in [-0.05, 0) is 18.1 Å². The number of carbonyl (C=O) groups excluding carboxylic acids is 4. The van der Waals surface area contributed by atoms with Crippen LogP contribution in [0.5, 0.6) is 5.75 Å². The van der Waals surface area contributed by atoms with Crippen LogP contribution < -0.4 is 20.7 Å². The van der Waals surface area contributed by atoms with E-state index in [2.05, 4.69) is 30.7 Å². The van der Waals surface area contributed by atoms with Crippen molar-refractivity contribution in [3.63, 3.8) is 0 Å². The first-order chi connectivity index (χ1) is 19.3. The molecule has 3 aromatic rings. The number of para-hydroxylation sites is 2. The summed E-state index contributed by atoms with van der Waals surface area (Å²) in [4.78, 5) is 68.5. The van der Waals surface area contributed by atoms with E-state index in [-0.39, 0.29) is 12.0 Å². The van der Waals surface area contributed by atoms with Crippen molar-refractivity contribution in [2.75, 3.05) is 11.9 Å². The maximum atomic E-state index is 13.8. The summed E-state index contributed by atoms with van der Waals surface area (Å²) in [6.07, 6.45) is -1.03. The van der Waals surface area contributed by atoms with Crippen LogP contribution in [-0.2, 0) is 24.0 Å². The Morgan fingerprint density at radius 3 is 2.20 bits per heavy atom. The van der Waals surface area contributed by atoms with Gasteiger partial charge in [0.15, 0.2) is 23.2 Å². The maximum Gasteiger partial charge on any atom is 0.316 e. The fraction of sp³-hybridized carbons (Fsp3) is 0.280. The van der Waals surface area contributed by atoms with Gasteiger partial charge in [-0.25, -0.2) is 13.8 Å². The molecule has 0 aliphatic rings. The number of hydrogen-bond acceptors (Lipinski definition) is 7.